The third-order valence-corrected chi connectivity index (χ3v) is 2.95. The van der Waals surface area contributed by atoms with E-state index in [0.717, 1.165) is 9.32 Å². The van der Waals surface area contributed by atoms with Crippen LogP contribution in [0.4, 0.5) is 0 Å². The molecule has 1 rings (SSSR count). The first-order chi connectivity index (χ1) is 6.60. The van der Waals surface area contributed by atoms with E-state index in [1.807, 2.05) is 6.92 Å². The van der Waals surface area contributed by atoms with Crippen molar-refractivity contribution in [2.75, 3.05) is 13.7 Å². The molecule has 4 heteroatoms. The summed E-state index contributed by atoms with van der Waals surface area (Å²) >= 11 is 2.09. The Balaban J connectivity index is 3.17. The Bertz CT molecular complexity index is 325. The number of aromatic hydroxyl groups is 1. The monoisotopic (exact) mass is 308 g/mol. The Morgan fingerprint density at radius 1 is 1.50 bits per heavy atom. The van der Waals surface area contributed by atoms with Gasteiger partial charge in [-0.2, -0.15) is 0 Å². The molecule has 78 valence electrons. The lowest BCUT2D eigenvalue weighted by Gasteiger charge is -2.13. The van der Waals surface area contributed by atoms with Gasteiger partial charge < -0.3 is 14.9 Å². The molecule has 0 spiro atoms. The molecule has 0 bridgehead atoms. The van der Waals surface area contributed by atoms with Crippen molar-refractivity contribution in [1.82, 2.24) is 0 Å². The molecule has 1 aromatic carbocycles. The molecule has 0 heterocycles. The van der Waals surface area contributed by atoms with Crippen LogP contribution in [-0.4, -0.2) is 23.9 Å². The normalized spacial score (nSPS) is 12.6. The predicted octanol–water partition coefficient (Wildman–Crippen LogP) is 2.10. The standard InChI is InChI=1S/C10H13IO3/c1-6(5-12)7-3-10(14-2)8(11)4-9(7)13/h3-4,6,12-13H,5H2,1-2H3. The number of aliphatic hydroxyl groups excluding tert-OH is 1. The second-order valence-corrected chi connectivity index (χ2v) is 4.29. The fourth-order valence-corrected chi connectivity index (χ4v) is 1.88. The number of methoxy groups -OCH3 is 1. The van der Waals surface area contributed by atoms with Gasteiger partial charge in [-0.3, -0.25) is 0 Å². The van der Waals surface area contributed by atoms with Gasteiger partial charge in [0.15, 0.2) is 0 Å². The lowest BCUT2D eigenvalue weighted by atomic mass is 10.0. The number of phenols is 1. The minimum absolute atomic E-state index is 0.0112. The van der Waals surface area contributed by atoms with E-state index < -0.39 is 0 Å². The van der Waals surface area contributed by atoms with E-state index in [1.54, 1.807) is 19.2 Å². The van der Waals surface area contributed by atoms with Gasteiger partial charge in [0.1, 0.15) is 11.5 Å². The Labute approximate surface area is 96.9 Å². The zero-order chi connectivity index (χ0) is 10.7. The molecular formula is C10H13IO3. The maximum atomic E-state index is 9.64. The molecule has 0 aromatic heterocycles. The second kappa shape index (κ2) is 4.84. The minimum Gasteiger partial charge on any atom is -0.508 e. The van der Waals surface area contributed by atoms with E-state index >= 15 is 0 Å². The summed E-state index contributed by atoms with van der Waals surface area (Å²) in [6.45, 7) is 1.86. The quantitative estimate of drug-likeness (QED) is 0.841. The summed E-state index contributed by atoms with van der Waals surface area (Å²) in [6, 6.07) is 3.40. The summed E-state index contributed by atoms with van der Waals surface area (Å²) in [6.07, 6.45) is 0. The van der Waals surface area contributed by atoms with Crippen LogP contribution in [-0.2, 0) is 0 Å². The van der Waals surface area contributed by atoms with E-state index in [4.69, 9.17) is 9.84 Å². The number of hydrogen-bond donors (Lipinski definition) is 2. The molecule has 2 N–H and O–H groups in total. The summed E-state index contributed by atoms with van der Waals surface area (Å²) in [4.78, 5) is 0. The van der Waals surface area contributed by atoms with Crippen molar-refractivity contribution in [2.24, 2.45) is 0 Å². The van der Waals surface area contributed by atoms with Gasteiger partial charge in [0.25, 0.3) is 0 Å². The molecule has 0 amide bonds. The van der Waals surface area contributed by atoms with Crippen molar-refractivity contribution in [3.05, 3.63) is 21.3 Å². The maximum absolute atomic E-state index is 9.64. The van der Waals surface area contributed by atoms with Gasteiger partial charge in [-0.15, -0.1) is 0 Å². The number of phenolic OH excluding ortho intramolecular Hbond substituents is 1. The van der Waals surface area contributed by atoms with Crippen molar-refractivity contribution in [3.8, 4) is 11.5 Å². The first-order valence-electron chi connectivity index (χ1n) is 4.27. The number of rotatable bonds is 3. The lowest BCUT2D eigenvalue weighted by molar-refractivity contribution is 0.270. The first kappa shape index (κ1) is 11.6. The van der Waals surface area contributed by atoms with Gasteiger partial charge in [0, 0.05) is 18.1 Å². The van der Waals surface area contributed by atoms with Crippen molar-refractivity contribution in [1.29, 1.82) is 0 Å². The Morgan fingerprint density at radius 2 is 2.14 bits per heavy atom. The molecule has 0 radical (unpaired) electrons. The van der Waals surface area contributed by atoms with E-state index in [-0.39, 0.29) is 18.3 Å². The van der Waals surface area contributed by atoms with Crippen LogP contribution in [0, 0.1) is 3.57 Å². The summed E-state index contributed by atoms with van der Waals surface area (Å²) in [5.41, 5.74) is 0.713. The minimum atomic E-state index is -0.0825. The SMILES string of the molecule is COc1cc(C(C)CO)c(O)cc1I. The largest absolute Gasteiger partial charge is 0.508 e. The molecule has 0 saturated carbocycles. The third kappa shape index (κ3) is 2.30. The molecule has 0 fully saturated rings. The molecule has 0 saturated heterocycles. The van der Waals surface area contributed by atoms with Crippen molar-refractivity contribution in [2.45, 2.75) is 12.8 Å². The number of hydrogen-bond acceptors (Lipinski definition) is 3. The van der Waals surface area contributed by atoms with E-state index in [0.29, 0.717) is 5.56 Å². The Hall–Kier alpha value is -0.490. The highest BCUT2D eigenvalue weighted by Gasteiger charge is 2.13. The van der Waals surface area contributed by atoms with Gasteiger partial charge >= 0.3 is 0 Å². The van der Waals surface area contributed by atoms with E-state index in [9.17, 15) is 5.11 Å². The van der Waals surface area contributed by atoms with Crippen LogP contribution in [0.15, 0.2) is 12.1 Å². The van der Waals surface area contributed by atoms with Gasteiger partial charge in [0.05, 0.1) is 10.7 Å². The zero-order valence-corrected chi connectivity index (χ0v) is 10.3. The van der Waals surface area contributed by atoms with Crippen LogP contribution in [0.1, 0.15) is 18.4 Å². The van der Waals surface area contributed by atoms with Crippen LogP contribution < -0.4 is 4.74 Å². The van der Waals surface area contributed by atoms with Crippen molar-refractivity contribution >= 4 is 22.6 Å². The van der Waals surface area contributed by atoms with E-state index in [1.165, 1.54) is 0 Å². The fraction of sp³-hybridized carbons (Fsp3) is 0.400. The molecule has 1 atom stereocenters. The Kier molecular flexibility index (Phi) is 4.00. The molecule has 0 aliphatic heterocycles. The molecular weight excluding hydrogens is 295 g/mol. The summed E-state index contributed by atoms with van der Waals surface area (Å²) in [7, 11) is 1.59. The summed E-state index contributed by atoms with van der Waals surface area (Å²) in [5, 5.41) is 18.6. The maximum Gasteiger partial charge on any atom is 0.132 e. The van der Waals surface area contributed by atoms with Gasteiger partial charge in [-0.25, -0.2) is 0 Å². The molecule has 14 heavy (non-hydrogen) atoms. The van der Waals surface area contributed by atoms with Crippen LogP contribution in [0.2, 0.25) is 0 Å². The number of halogens is 1. The van der Waals surface area contributed by atoms with Crippen molar-refractivity contribution < 1.29 is 14.9 Å². The van der Waals surface area contributed by atoms with Crippen LogP contribution in [0.3, 0.4) is 0 Å². The zero-order valence-electron chi connectivity index (χ0n) is 8.12. The van der Waals surface area contributed by atoms with Gasteiger partial charge in [-0.1, -0.05) is 6.92 Å². The second-order valence-electron chi connectivity index (χ2n) is 3.13. The van der Waals surface area contributed by atoms with E-state index in [2.05, 4.69) is 22.6 Å². The van der Waals surface area contributed by atoms with Crippen LogP contribution >= 0.6 is 22.6 Å². The molecule has 1 unspecified atom stereocenters. The molecule has 0 aliphatic carbocycles. The number of aliphatic hydroxyl groups is 1. The highest BCUT2D eigenvalue weighted by Crippen LogP contribution is 2.33. The van der Waals surface area contributed by atoms with Crippen LogP contribution in [0.5, 0.6) is 11.5 Å². The lowest BCUT2D eigenvalue weighted by Crippen LogP contribution is -2.00. The van der Waals surface area contributed by atoms with Gasteiger partial charge in [-0.05, 0) is 34.7 Å². The topological polar surface area (TPSA) is 49.7 Å². The molecule has 3 nitrogen and oxygen atoms in total. The average molecular weight is 308 g/mol. The smallest absolute Gasteiger partial charge is 0.132 e. The van der Waals surface area contributed by atoms with Crippen LogP contribution in [0.25, 0.3) is 0 Å². The number of benzene rings is 1. The third-order valence-electron chi connectivity index (χ3n) is 2.11. The molecule has 1 aromatic rings. The fourth-order valence-electron chi connectivity index (χ4n) is 1.21. The first-order valence-corrected chi connectivity index (χ1v) is 5.35. The predicted molar refractivity (Wildman–Crippen MR) is 62.9 cm³/mol. The highest BCUT2D eigenvalue weighted by atomic mass is 127. The highest BCUT2D eigenvalue weighted by molar-refractivity contribution is 14.1. The number of ether oxygens (including phenoxy) is 1. The molecule has 0 aliphatic rings. The summed E-state index contributed by atoms with van der Waals surface area (Å²) < 4.78 is 5.99. The van der Waals surface area contributed by atoms with Gasteiger partial charge in [0.2, 0.25) is 0 Å². The van der Waals surface area contributed by atoms with Crippen molar-refractivity contribution in [3.63, 3.8) is 0 Å². The summed E-state index contributed by atoms with van der Waals surface area (Å²) in [5.74, 6) is 0.844. The average Bonchev–Trinajstić information content (AvgIpc) is 2.17. The Morgan fingerprint density at radius 3 is 2.64 bits per heavy atom.